The molecule has 0 amide bonds. The first-order valence-electron chi connectivity index (χ1n) is 3.96. The summed E-state index contributed by atoms with van der Waals surface area (Å²) in [4.78, 5) is 0. The lowest BCUT2D eigenvalue weighted by Crippen LogP contribution is -1.98. The lowest BCUT2D eigenvalue weighted by atomic mass is 10.3. The van der Waals surface area contributed by atoms with Gasteiger partial charge in [-0.1, -0.05) is 6.08 Å². The summed E-state index contributed by atoms with van der Waals surface area (Å²) in [6.07, 6.45) is 1.82. The molecule has 3 heteroatoms. The van der Waals surface area contributed by atoms with Gasteiger partial charge >= 0.3 is 0 Å². The molecule has 70 valence electrons. The van der Waals surface area contributed by atoms with Crippen LogP contribution in [0.5, 0.6) is 5.75 Å². The van der Waals surface area contributed by atoms with Gasteiger partial charge < -0.3 is 10.1 Å². The summed E-state index contributed by atoms with van der Waals surface area (Å²) in [5.41, 5.74) is 1.04. The molecule has 1 N–H and O–H groups in total. The highest BCUT2D eigenvalue weighted by atomic mass is 79.9. The predicted molar refractivity (Wildman–Crippen MR) is 59.4 cm³/mol. The maximum Gasteiger partial charge on any atom is 0.120 e. The Morgan fingerprint density at radius 1 is 1.62 bits per heavy atom. The van der Waals surface area contributed by atoms with Crippen LogP contribution < -0.4 is 10.1 Å². The van der Waals surface area contributed by atoms with Crippen molar-refractivity contribution in [2.75, 3.05) is 19.0 Å². The summed E-state index contributed by atoms with van der Waals surface area (Å²) >= 11 is 3.44. The molecule has 0 spiro atoms. The van der Waals surface area contributed by atoms with Crippen LogP contribution in [0.3, 0.4) is 0 Å². The molecule has 0 heterocycles. The van der Waals surface area contributed by atoms with Gasteiger partial charge in [0.2, 0.25) is 0 Å². The molecule has 0 saturated heterocycles. The van der Waals surface area contributed by atoms with Gasteiger partial charge in [0.25, 0.3) is 0 Å². The van der Waals surface area contributed by atoms with E-state index in [1.807, 2.05) is 24.3 Å². The van der Waals surface area contributed by atoms with Gasteiger partial charge in [0.1, 0.15) is 5.75 Å². The molecule has 1 aromatic carbocycles. The number of halogens is 1. The largest absolute Gasteiger partial charge is 0.497 e. The molecule has 0 bridgehead atoms. The molecule has 0 fully saturated rings. The molecule has 2 nitrogen and oxygen atoms in total. The van der Waals surface area contributed by atoms with Crippen LogP contribution in [0.2, 0.25) is 0 Å². The molecule has 0 atom stereocenters. The number of methoxy groups -OCH3 is 1. The van der Waals surface area contributed by atoms with Crippen molar-refractivity contribution in [1.29, 1.82) is 0 Å². The van der Waals surface area contributed by atoms with E-state index in [4.69, 9.17) is 4.74 Å². The molecule has 1 aromatic rings. The Morgan fingerprint density at radius 3 is 2.92 bits per heavy atom. The van der Waals surface area contributed by atoms with E-state index >= 15 is 0 Å². The van der Waals surface area contributed by atoms with Crippen molar-refractivity contribution < 1.29 is 4.74 Å². The first-order valence-corrected chi connectivity index (χ1v) is 4.75. The lowest BCUT2D eigenvalue weighted by molar-refractivity contribution is 0.414. The van der Waals surface area contributed by atoms with E-state index in [0.29, 0.717) is 0 Å². The molecule has 13 heavy (non-hydrogen) atoms. The Hall–Kier alpha value is -0.960. The SMILES string of the molecule is C=CCNc1ccc(OC)cc1Br. The number of hydrogen-bond acceptors (Lipinski definition) is 2. The second kappa shape index (κ2) is 4.92. The molecule has 1 rings (SSSR count). The number of anilines is 1. The van der Waals surface area contributed by atoms with Crippen LogP contribution in [0.25, 0.3) is 0 Å². The zero-order chi connectivity index (χ0) is 9.68. The monoisotopic (exact) mass is 241 g/mol. The van der Waals surface area contributed by atoms with Crippen LogP contribution in [0.4, 0.5) is 5.69 Å². The third-order valence-corrected chi connectivity index (χ3v) is 2.27. The van der Waals surface area contributed by atoms with Gasteiger partial charge in [-0.15, -0.1) is 6.58 Å². The van der Waals surface area contributed by atoms with Crippen LogP contribution in [0, 0.1) is 0 Å². The second-order valence-corrected chi connectivity index (χ2v) is 3.37. The average molecular weight is 242 g/mol. The Morgan fingerprint density at radius 2 is 2.38 bits per heavy atom. The standard InChI is InChI=1S/C10H12BrNO/c1-3-6-12-10-5-4-8(13-2)7-9(10)11/h3-5,7,12H,1,6H2,2H3. The van der Waals surface area contributed by atoms with E-state index in [1.54, 1.807) is 7.11 Å². The average Bonchev–Trinajstić information content (AvgIpc) is 2.16. The van der Waals surface area contributed by atoms with E-state index in [0.717, 1.165) is 22.5 Å². The van der Waals surface area contributed by atoms with Gasteiger partial charge in [-0.05, 0) is 34.1 Å². The number of rotatable bonds is 4. The number of ether oxygens (including phenoxy) is 1. The summed E-state index contributed by atoms with van der Waals surface area (Å²) in [6.45, 7) is 4.39. The van der Waals surface area contributed by atoms with Gasteiger partial charge in [-0.25, -0.2) is 0 Å². The van der Waals surface area contributed by atoms with Crippen LogP contribution in [0.15, 0.2) is 35.3 Å². The number of benzene rings is 1. The summed E-state index contributed by atoms with van der Waals surface area (Å²) < 4.78 is 6.07. The normalized spacial score (nSPS) is 9.38. The molecular weight excluding hydrogens is 230 g/mol. The minimum absolute atomic E-state index is 0.755. The van der Waals surface area contributed by atoms with Gasteiger partial charge in [0.15, 0.2) is 0 Å². The molecular formula is C10H12BrNO. The molecule has 0 aliphatic rings. The van der Waals surface area contributed by atoms with Crippen molar-refractivity contribution in [3.8, 4) is 5.75 Å². The highest BCUT2D eigenvalue weighted by molar-refractivity contribution is 9.10. The van der Waals surface area contributed by atoms with Crippen LogP contribution in [0.1, 0.15) is 0 Å². The Bertz CT molecular complexity index is 299. The van der Waals surface area contributed by atoms with E-state index < -0.39 is 0 Å². The smallest absolute Gasteiger partial charge is 0.120 e. The number of hydrogen-bond donors (Lipinski definition) is 1. The minimum Gasteiger partial charge on any atom is -0.497 e. The van der Waals surface area contributed by atoms with Crippen LogP contribution in [-0.2, 0) is 0 Å². The molecule has 0 aliphatic carbocycles. The fraction of sp³-hybridized carbons (Fsp3) is 0.200. The van der Waals surface area contributed by atoms with Gasteiger partial charge in [0.05, 0.1) is 7.11 Å². The molecule has 0 saturated carbocycles. The van der Waals surface area contributed by atoms with Gasteiger partial charge in [-0.2, -0.15) is 0 Å². The zero-order valence-corrected chi connectivity index (χ0v) is 9.10. The van der Waals surface area contributed by atoms with Crippen LogP contribution in [-0.4, -0.2) is 13.7 Å². The maximum absolute atomic E-state index is 5.08. The highest BCUT2D eigenvalue weighted by Crippen LogP contribution is 2.26. The fourth-order valence-electron chi connectivity index (χ4n) is 0.948. The maximum atomic E-state index is 5.08. The first kappa shape index (κ1) is 10.1. The Kier molecular flexibility index (Phi) is 3.83. The zero-order valence-electron chi connectivity index (χ0n) is 7.51. The molecule has 0 aliphatic heterocycles. The van der Waals surface area contributed by atoms with E-state index in [1.165, 1.54) is 0 Å². The summed E-state index contributed by atoms with van der Waals surface area (Å²) in [5, 5.41) is 3.19. The summed E-state index contributed by atoms with van der Waals surface area (Å²) in [5.74, 6) is 0.844. The quantitative estimate of drug-likeness (QED) is 0.819. The fourth-order valence-corrected chi connectivity index (χ4v) is 1.45. The third-order valence-electron chi connectivity index (χ3n) is 1.61. The minimum atomic E-state index is 0.755. The predicted octanol–water partition coefficient (Wildman–Crippen LogP) is 3.06. The first-order chi connectivity index (χ1) is 6.27. The van der Waals surface area contributed by atoms with Gasteiger partial charge in [-0.3, -0.25) is 0 Å². The van der Waals surface area contributed by atoms with Crippen molar-refractivity contribution in [2.24, 2.45) is 0 Å². The van der Waals surface area contributed by atoms with E-state index in [2.05, 4.69) is 27.8 Å². The van der Waals surface area contributed by atoms with Crippen molar-refractivity contribution in [3.05, 3.63) is 35.3 Å². The topological polar surface area (TPSA) is 21.3 Å². The van der Waals surface area contributed by atoms with Crippen molar-refractivity contribution >= 4 is 21.6 Å². The van der Waals surface area contributed by atoms with Crippen molar-refractivity contribution in [1.82, 2.24) is 0 Å². The molecule has 0 unspecified atom stereocenters. The van der Waals surface area contributed by atoms with E-state index in [9.17, 15) is 0 Å². The van der Waals surface area contributed by atoms with Crippen molar-refractivity contribution in [3.63, 3.8) is 0 Å². The Balaban J connectivity index is 2.78. The number of nitrogens with one attached hydrogen (secondary N) is 1. The molecule has 0 aromatic heterocycles. The Labute approximate surface area is 86.7 Å². The lowest BCUT2D eigenvalue weighted by Gasteiger charge is -2.07. The highest BCUT2D eigenvalue weighted by Gasteiger charge is 1.99. The van der Waals surface area contributed by atoms with Crippen molar-refractivity contribution in [2.45, 2.75) is 0 Å². The van der Waals surface area contributed by atoms with E-state index in [-0.39, 0.29) is 0 Å². The third kappa shape index (κ3) is 2.77. The van der Waals surface area contributed by atoms with Crippen LogP contribution >= 0.6 is 15.9 Å². The summed E-state index contributed by atoms with van der Waals surface area (Å²) in [6, 6.07) is 5.80. The van der Waals surface area contributed by atoms with Gasteiger partial charge in [0, 0.05) is 16.7 Å². The second-order valence-electron chi connectivity index (χ2n) is 2.52. The summed E-state index contributed by atoms with van der Waals surface area (Å²) in [7, 11) is 1.65. The molecule has 0 radical (unpaired) electrons.